The number of nitrogens with one attached hydrogen (secondary N) is 1. The number of nitrogens with zero attached hydrogens (tertiary/aromatic N) is 1. The van der Waals surface area contributed by atoms with Gasteiger partial charge in [0.2, 0.25) is 0 Å². The molecule has 3 rings (SSSR count). The van der Waals surface area contributed by atoms with Crippen molar-refractivity contribution in [1.82, 2.24) is 0 Å². The molecule has 0 aliphatic heterocycles. The van der Waals surface area contributed by atoms with Gasteiger partial charge in [0.1, 0.15) is 30.3 Å². The van der Waals surface area contributed by atoms with Crippen molar-refractivity contribution in [1.29, 1.82) is 0 Å². The Morgan fingerprint density at radius 1 is 0.821 bits per heavy atom. The van der Waals surface area contributed by atoms with Gasteiger partial charge in [0, 0.05) is 11.8 Å². The molecular weight excluding hydrogens is 360 g/mol. The third-order valence-electron chi connectivity index (χ3n) is 3.82. The first kappa shape index (κ1) is 18.9. The van der Waals surface area contributed by atoms with E-state index in [2.05, 4.69) is 5.32 Å². The predicted octanol–water partition coefficient (Wildman–Crippen LogP) is 4.30. The molecule has 0 heterocycles. The molecule has 7 heteroatoms. The lowest BCUT2D eigenvalue weighted by Gasteiger charge is -2.09. The summed E-state index contributed by atoms with van der Waals surface area (Å²) in [5, 5.41) is 13.7. The topological polar surface area (TPSA) is 90.7 Å². The maximum atomic E-state index is 12.3. The second kappa shape index (κ2) is 9.18. The minimum absolute atomic E-state index is 0.00545. The van der Waals surface area contributed by atoms with E-state index in [0.29, 0.717) is 24.7 Å². The number of amides is 1. The molecule has 0 fully saturated rings. The highest BCUT2D eigenvalue weighted by atomic mass is 16.6. The zero-order valence-corrected chi connectivity index (χ0v) is 14.9. The lowest BCUT2D eigenvalue weighted by Crippen LogP contribution is -2.14. The minimum Gasteiger partial charge on any atom is -0.490 e. The molecule has 0 spiro atoms. The summed E-state index contributed by atoms with van der Waals surface area (Å²) in [5.74, 6) is 0.858. The molecule has 0 aliphatic rings. The number of nitro groups is 1. The Hall–Kier alpha value is -3.87. The van der Waals surface area contributed by atoms with E-state index in [-0.39, 0.29) is 11.3 Å². The van der Waals surface area contributed by atoms with Crippen molar-refractivity contribution in [2.45, 2.75) is 0 Å². The molecule has 0 saturated heterocycles. The van der Waals surface area contributed by atoms with E-state index >= 15 is 0 Å². The fourth-order valence-electron chi connectivity index (χ4n) is 2.49. The van der Waals surface area contributed by atoms with Gasteiger partial charge in [0.05, 0.1) is 4.92 Å². The van der Waals surface area contributed by atoms with Gasteiger partial charge >= 0.3 is 0 Å². The second-order valence-corrected chi connectivity index (χ2v) is 5.76. The summed E-state index contributed by atoms with van der Waals surface area (Å²) in [5.41, 5.74) is 0.278. The molecule has 1 amide bonds. The average molecular weight is 378 g/mol. The molecule has 1 N–H and O–H groups in total. The predicted molar refractivity (Wildman–Crippen MR) is 105 cm³/mol. The first-order valence-electron chi connectivity index (χ1n) is 8.59. The van der Waals surface area contributed by atoms with Crippen molar-refractivity contribution < 1.29 is 19.2 Å². The first-order chi connectivity index (χ1) is 13.6. The molecule has 0 unspecified atom stereocenters. The van der Waals surface area contributed by atoms with Crippen LogP contribution in [-0.4, -0.2) is 24.0 Å². The number of anilines is 1. The fourth-order valence-corrected chi connectivity index (χ4v) is 2.49. The van der Waals surface area contributed by atoms with Gasteiger partial charge in [0.25, 0.3) is 11.6 Å². The smallest absolute Gasteiger partial charge is 0.282 e. The average Bonchev–Trinajstić information content (AvgIpc) is 2.73. The number of carbonyl (C=O) groups excluding carboxylic acids is 1. The largest absolute Gasteiger partial charge is 0.490 e. The summed E-state index contributed by atoms with van der Waals surface area (Å²) < 4.78 is 11.1. The Bertz CT molecular complexity index is 943. The van der Waals surface area contributed by atoms with Crippen LogP contribution in [0.15, 0.2) is 78.9 Å². The normalized spacial score (nSPS) is 10.1. The lowest BCUT2D eigenvalue weighted by molar-refractivity contribution is -0.385. The molecule has 0 aromatic heterocycles. The van der Waals surface area contributed by atoms with Gasteiger partial charge in [0.15, 0.2) is 0 Å². The zero-order valence-electron chi connectivity index (χ0n) is 14.9. The molecular formula is C21H18N2O5. The first-order valence-corrected chi connectivity index (χ1v) is 8.59. The molecule has 0 aliphatic carbocycles. The van der Waals surface area contributed by atoms with Crippen molar-refractivity contribution in [3.05, 3.63) is 94.5 Å². The number of ether oxygens (including phenoxy) is 2. The summed E-state index contributed by atoms with van der Waals surface area (Å²) in [7, 11) is 0. The van der Waals surface area contributed by atoms with E-state index < -0.39 is 10.8 Å². The molecule has 142 valence electrons. The Morgan fingerprint density at radius 2 is 1.39 bits per heavy atom. The molecule has 0 bridgehead atoms. The van der Waals surface area contributed by atoms with Crippen molar-refractivity contribution in [3.63, 3.8) is 0 Å². The second-order valence-electron chi connectivity index (χ2n) is 5.76. The van der Waals surface area contributed by atoms with Gasteiger partial charge < -0.3 is 14.8 Å². The van der Waals surface area contributed by atoms with Crippen LogP contribution in [0, 0.1) is 10.1 Å². The monoisotopic (exact) mass is 378 g/mol. The number of nitro benzene ring substituents is 1. The highest BCUT2D eigenvalue weighted by molar-refractivity contribution is 6.07. The summed E-state index contributed by atoms with van der Waals surface area (Å²) in [6.45, 7) is 0.775. The van der Waals surface area contributed by atoms with E-state index in [0.717, 1.165) is 5.75 Å². The van der Waals surface area contributed by atoms with Gasteiger partial charge in [-0.05, 0) is 42.5 Å². The van der Waals surface area contributed by atoms with Gasteiger partial charge in [-0.25, -0.2) is 0 Å². The van der Waals surface area contributed by atoms with Crippen LogP contribution in [0.25, 0.3) is 0 Å². The van der Waals surface area contributed by atoms with Crippen LogP contribution < -0.4 is 14.8 Å². The van der Waals surface area contributed by atoms with E-state index in [4.69, 9.17) is 9.47 Å². The van der Waals surface area contributed by atoms with Crippen molar-refractivity contribution in [2.24, 2.45) is 0 Å². The number of hydrogen-bond donors (Lipinski definition) is 1. The van der Waals surface area contributed by atoms with E-state index in [1.807, 2.05) is 30.3 Å². The van der Waals surface area contributed by atoms with Gasteiger partial charge in [-0.2, -0.15) is 0 Å². The highest BCUT2D eigenvalue weighted by Gasteiger charge is 2.19. The maximum Gasteiger partial charge on any atom is 0.282 e. The number of rotatable bonds is 8. The Labute approximate surface area is 161 Å². The summed E-state index contributed by atoms with van der Waals surface area (Å²) in [6.07, 6.45) is 0. The van der Waals surface area contributed by atoms with Crippen LogP contribution in [0.2, 0.25) is 0 Å². The van der Waals surface area contributed by atoms with Crippen LogP contribution in [-0.2, 0) is 0 Å². The quantitative estimate of drug-likeness (QED) is 0.358. The summed E-state index contributed by atoms with van der Waals surface area (Å²) in [6, 6.07) is 22.0. The SMILES string of the molecule is O=C(Nc1ccc(OCCOc2ccccc2)cc1)c1ccccc1[N+](=O)[O-]. The summed E-state index contributed by atoms with van der Waals surface area (Å²) >= 11 is 0. The van der Waals surface area contributed by atoms with Gasteiger partial charge in [-0.1, -0.05) is 30.3 Å². The van der Waals surface area contributed by atoms with Crippen LogP contribution in [0.3, 0.4) is 0 Å². The summed E-state index contributed by atoms with van der Waals surface area (Å²) in [4.78, 5) is 22.8. The molecule has 0 radical (unpaired) electrons. The molecule has 3 aromatic rings. The van der Waals surface area contributed by atoms with Gasteiger partial charge in [-0.15, -0.1) is 0 Å². The van der Waals surface area contributed by atoms with E-state index in [1.54, 1.807) is 30.3 Å². The van der Waals surface area contributed by atoms with E-state index in [1.165, 1.54) is 18.2 Å². The third-order valence-corrected chi connectivity index (χ3v) is 3.82. The van der Waals surface area contributed by atoms with Crippen LogP contribution in [0.5, 0.6) is 11.5 Å². The van der Waals surface area contributed by atoms with Crippen molar-refractivity contribution >= 4 is 17.3 Å². The Balaban J connectivity index is 1.52. The lowest BCUT2D eigenvalue weighted by atomic mass is 10.1. The Morgan fingerprint density at radius 3 is 2.04 bits per heavy atom. The number of hydrogen-bond acceptors (Lipinski definition) is 5. The molecule has 0 saturated carbocycles. The number of para-hydroxylation sites is 2. The van der Waals surface area contributed by atoms with Gasteiger partial charge in [-0.3, -0.25) is 14.9 Å². The van der Waals surface area contributed by atoms with Crippen LogP contribution >= 0.6 is 0 Å². The van der Waals surface area contributed by atoms with Crippen molar-refractivity contribution in [2.75, 3.05) is 18.5 Å². The number of benzene rings is 3. The molecule has 3 aromatic carbocycles. The fraction of sp³-hybridized carbons (Fsp3) is 0.0952. The Kier molecular flexibility index (Phi) is 6.20. The third kappa shape index (κ3) is 5.07. The zero-order chi connectivity index (χ0) is 19.8. The highest BCUT2D eigenvalue weighted by Crippen LogP contribution is 2.21. The standard InChI is InChI=1S/C21H18N2O5/c24-21(19-8-4-5-9-20(19)23(25)26)22-16-10-12-18(13-11-16)28-15-14-27-17-6-2-1-3-7-17/h1-13H,14-15H2,(H,22,24). The molecule has 28 heavy (non-hydrogen) atoms. The minimum atomic E-state index is -0.580. The van der Waals surface area contributed by atoms with Crippen molar-refractivity contribution in [3.8, 4) is 11.5 Å². The van der Waals surface area contributed by atoms with E-state index in [9.17, 15) is 14.9 Å². The van der Waals surface area contributed by atoms with Crippen LogP contribution in [0.4, 0.5) is 11.4 Å². The van der Waals surface area contributed by atoms with Crippen LogP contribution in [0.1, 0.15) is 10.4 Å². The maximum absolute atomic E-state index is 12.3. The molecule has 0 atom stereocenters. The molecule has 7 nitrogen and oxygen atoms in total. The number of carbonyl (C=O) groups is 1.